The molecule has 31 heavy (non-hydrogen) atoms. The quantitative estimate of drug-likeness (QED) is 0.654. The van der Waals surface area contributed by atoms with Crippen molar-refractivity contribution in [3.05, 3.63) is 47.3 Å². The van der Waals surface area contributed by atoms with Crippen LogP contribution in [0.4, 0.5) is 0 Å². The van der Waals surface area contributed by atoms with Crippen LogP contribution in [0.1, 0.15) is 68.3 Å². The minimum Gasteiger partial charge on any atom is -0.484 e. The number of ether oxygens (including phenoxy) is 2. The van der Waals surface area contributed by atoms with Crippen molar-refractivity contribution in [2.75, 3.05) is 26.3 Å². The molecule has 7 heteroatoms. The van der Waals surface area contributed by atoms with Gasteiger partial charge in [-0.1, -0.05) is 39.0 Å². The van der Waals surface area contributed by atoms with Crippen LogP contribution in [0.25, 0.3) is 0 Å². The maximum Gasteiger partial charge on any atom is 0.358 e. The van der Waals surface area contributed by atoms with Crippen LogP contribution in [0.2, 0.25) is 0 Å². The van der Waals surface area contributed by atoms with Crippen molar-refractivity contribution in [2.24, 2.45) is 0 Å². The number of carbonyl (C=O) groups excluding carboxylic acids is 2. The minimum absolute atomic E-state index is 0.00886. The molecule has 0 N–H and O–H groups in total. The highest BCUT2D eigenvalue weighted by Crippen LogP contribution is 2.30. The molecule has 1 aliphatic heterocycles. The number of esters is 1. The van der Waals surface area contributed by atoms with E-state index in [9.17, 15) is 9.59 Å². The number of rotatable bonds is 6. The molecule has 168 valence electrons. The van der Waals surface area contributed by atoms with Gasteiger partial charge in [-0.3, -0.25) is 9.48 Å². The Bertz CT molecular complexity index is 921. The second kappa shape index (κ2) is 9.54. The van der Waals surface area contributed by atoms with E-state index in [1.165, 1.54) is 0 Å². The summed E-state index contributed by atoms with van der Waals surface area (Å²) in [5, 5.41) is 4.59. The van der Waals surface area contributed by atoms with Crippen LogP contribution in [0, 0.1) is 6.92 Å². The number of likely N-dealkylation sites (tertiary alicyclic amines) is 1. The van der Waals surface area contributed by atoms with Crippen molar-refractivity contribution in [1.82, 2.24) is 14.7 Å². The molecule has 3 rings (SSSR count). The van der Waals surface area contributed by atoms with Gasteiger partial charge in [0.2, 0.25) is 0 Å². The van der Waals surface area contributed by atoms with Crippen molar-refractivity contribution in [2.45, 2.75) is 58.9 Å². The van der Waals surface area contributed by atoms with Crippen LogP contribution in [0.3, 0.4) is 0 Å². The molecule has 0 unspecified atom stereocenters. The number of aromatic nitrogens is 2. The number of nitrogens with zero attached hydrogens (tertiary/aromatic N) is 3. The topological polar surface area (TPSA) is 73.7 Å². The van der Waals surface area contributed by atoms with Crippen LogP contribution in [0.15, 0.2) is 30.3 Å². The molecule has 1 saturated heterocycles. The zero-order valence-electron chi connectivity index (χ0n) is 19.2. The van der Waals surface area contributed by atoms with Crippen molar-refractivity contribution in [3.8, 4) is 5.75 Å². The van der Waals surface area contributed by atoms with Gasteiger partial charge in [0, 0.05) is 24.2 Å². The molecule has 7 nitrogen and oxygen atoms in total. The molecule has 0 aliphatic carbocycles. The highest BCUT2D eigenvalue weighted by atomic mass is 16.5. The van der Waals surface area contributed by atoms with E-state index < -0.39 is 5.97 Å². The van der Waals surface area contributed by atoms with Crippen LogP contribution in [-0.2, 0) is 14.9 Å². The summed E-state index contributed by atoms with van der Waals surface area (Å²) in [4.78, 5) is 26.7. The van der Waals surface area contributed by atoms with Gasteiger partial charge in [0.15, 0.2) is 12.3 Å². The Morgan fingerprint density at radius 1 is 1.16 bits per heavy atom. The fourth-order valence-electron chi connectivity index (χ4n) is 3.85. The molecule has 0 saturated carbocycles. The summed E-state index contributed by atoms with van der Waals surface area (Å²) in [5.74, 6) is 0.335. The van der Waals surface area contributed by atoms with Crippen molar-refractivity contribution in [1.29, 1.82) is 0 Å². The smallest absolute Gasteiger partial charge is 0.358 e. The largest absolute Gasteiger partial charge is 0.484 e. The Morgan fingerprint density at radius 2 is 1.84 bits per heavy atom. The van der Waals surface area contributed by atoms with E-state index in [1.807, 2.05) is 46.8 Å². The Balaban J connectivity index is 1.64. The maximum absolute atomic E-state index is 12.6. The van der Waals surface area contributed by atoms with E-state index in [4.69, 9.17) is 9.47 Å². The minimum atomic E-state index is -0.396. The highest BCUT2D eigenvalue weighted by Gasteiger charge is 2.30. The van der Waals surface area contributed by atoms with Gasteiger partial charge in [0.25, 0.3) is 5.91 Å². The van der Waals surface area contributed by atoms with E-state index >= 15 is 0 Å². The van der Waals surface area contributed by atoms with Gasteiger partial charge in [-0.2, -0.15) is 5.10 Å². The molecular weight excluding hydrogens is 394 g/mol. The molecular formula is C24H33N3O4. The summed E-state index contributed by atoms with van der Waals surface area (Å²) in [7, 11) is 0. The lowest BCUT2D eigenvalue weighted by Crippen LogP contribution is -2.42. The van der Waals surface area contributed by atoms with Gasteiger partial charge in [0.1, 0.15) is 5.75 Å². The molecule has 1 aromatic heterocycles. The number of hydrogen-bond acceptors (Lipinski definition) is 5. The number of carbonyl (C=O) groups is 2. The van der Waals surface area contributed by atoms with Crippen LogP contribution in [0.5, 0.6) is 5.75 Å². The number of aryl methyl sites for hydroxylation is 1. The maximum atomic E-state index is 12.6. The van der Waals surface area contributed by atoms with E-state index in [-0.39, 0.29) is 24.0 Å². The van der Waals surface area contributed by atoms with Gasteiger partial charge in [-0.05, 0) is 44.4 Å². The first-order valence-electron chi connectivity index (χ1n) is 10.9. The number of hydrogen-bond donors (Lipinski definition) is 0. The zero-order valence-corrected chi connectivity index (χ0v) is 19.2. The lowest BCUT2D eigenvalue weighted by Gasteiger charge is -2.34. The van der Waals surface area contributed by atoms with E-state index in [0.717, 1.165) is 29.8 Å². The van der Waals surface area contributed by atoms with Crippen molar-refractivity contribution >= 4 is 11.9 Å². The monoisotopic (exact) mass is 427 g/mol. The summed E-state index contributed by atoms with van der Waals surface area (Å²) in [6.45, 7) is 11.7. The van der Waals surface area contributed by atoms with Gasteiger partial charge < -0.3 is 14.4 Å². The molecule has 0 spiro atoms. The van der Waals surface area contributed by atoms with Crippen LogP contribution >= 0.6 is 0 Å². The second-order valence-electron chi connectivity index (χ2n) is 9.00. The van der Waals surface area contributed by atoms with Gasteiger partial charge in [-0.25, -0.2) is 4.79 Å². The molecule has 2 aromatic rings. The standard InChI is InChI=1S/C24H33N3O4/c1-6-30-23(29)19-15-21(24(3,4)5)27(25-19)18-11-13-26(14-12-18)22(28)16-31-20-10-8-7-9-17(20)2/h7-10,15,18H,6,11-14,16H2,1-5H3. The Hall–Kier alpha value is -2.83. The molecule has 1 aromatic carbocycles. The van der Waals surface area contributed by atoms with Gasteiger partial charge in [-0.15, -0.1) is 0 Å². The zero-order chi connectivity index (χ0) is 22.6. The average molecular weight is 428 g/mol. The Morgan fingerprint density at radius 3 is 2.45 bits per heavy atom. The predicted octanol–water partition coefficient (Wildman–Crippen LogP) is 3.91. The normalized spacial score (nSPS) is 15.1. The first kappa shape index (κ1) is 22.8. The first-order valence-corrected chi connectivity index (χ1v) is 10.9. The summed E-state index contributed by atoms with van der Waals surface area (Å²) in [6, 6.07) is 9.67. The number of para-hydroxylation sites is 1. The third-order valence-electron chi connectivity index (χ3n) is 5.60. The summed E-state index contributed by atoms with van der Waals surface area (Å²) in [5.41, 5.74) is 2.20. The van der Waals surface area contributed by atoms with E-state index in [2.05, 4.69) is 25.9 Å². The number of piperidine rings is 1. The lowest BCUT2D eigenvalue weighted by atomic mass is 9.91. The lowest BCUT2D eigenvalue weighted by molar-refractivity contribution is -0.134. The van der Waals surface area contributed by atoms with Gasteiger partial charge >= 0.3 is 5.97 Å². The van der Waals surface area contributed by atoms with Gasteiger partial charge in [0.05, 0.1) is 12.6 Å². The fraction of sp³-hybridized carbons (Fsp3) is 0.542. The third kappa shape index (κ3) is 5.46. The molecule has 1 amide bonds. The summed E-state index contributed by atoms with van der Waals surface area (Å²) in [6.07, 6.45) is 1.56. The Kier molecular flexibility index (Phi) is 7.03. The first-order chi connectivity index (χ1) is 14.7. The van der Waals surface area contributed by atoms with Crippen molar-refractivity contribution < 1.29 is 19.1 Å². The molecule has 0 atom stereocenters. The molecule has 2 heterocycles. The van der Waals surface area contributed by atoms with Crippen molar-refractivity contribution in [3.63, 3.8) is 0 Å². The number of benzene rings is 1. The number of amides is 1. The van der Waals surface area contributed by atoms with Crippen LogP contribution in [-0.4, -0.2) is 52.9 Å². The Labute approximate surface area is 184 Å². The van der Waals surface area contributed by atoms with Crippen LogP contribution < -0.4 is 4.74 Å². The predicted molar refractivity (Wildman–Crippen MR) is 118 cm³/mol. The summed E-state index contributed by atoms with van der Waals surface area (Å²) < 4.78 is 12.8. The molecule has 0 bridgehead atoms. The highest BCUT2D eigenvalue weighted by molar-refractivity contribution is 5.87. The molecule has 1 fully saturated rings. The average Bonchev–Trinajstić information content (AvgIpc) is 3.19. The van der Waals surface area contributed by atoms with E-state index in [0.29, 0.717) is 25.4 Å². The fourth-order valence-corrected chi connectivity index (χ4v) is 3.85. The van der Waals surface area contributed by atoms with E-state index in [1.54, 1.807) is 6.92 Å². The summed E-state index contributed by atoms with van der Waals surface area (Å²) >= 11 is 0. The molecule has 0 radical (unpaired) electrons. The SMILES string of the molecule is CCOC(=O)c1cc(C(C)(C)C)n(C2CCN(C(=O)COc3ccccc3C)CC2)n1. The molecule has 1 aliphatic rings. The second-order valence-corrected chi connectivity index (χ2v) is 9.00. The third-order valence-corrected chi connectivity index (χ3v) is 5.60.